The first-order valence-electron chi connectivity index (χ1n) is 27.0. The summed E-state index contributed by atoms with van der Waals surface area (Å²) < 4.78 is 176. The zero-order chi connectivity index (χ0) is 62.0. The lowest BCUT2D eigenvalue weighted by atomic mass is 9.96. The van der Waals surface area contributed by atoms with Gasteiger partial charge in [0.1, 0.15) is 22.6 Å². The topological polar surface area (TPSA) is 225 Å². The second kappa shape index (κ2) is 26.3. The molecule has 0 spiro atoms. The van der Waals surface area contributed by atoms with Crippen LogP contribution in [0.25, 0.3) is 22.4 Å². The van der Waals surface area contributed by atoms with E-state index in [1.54, 1.807) is 55.5 Å². The summed E-state index contributed by atoms with van der Waals surface area (Å²) in [4.78, 5) is 35.4. The molecule has 3 heterocycles. The molecule has 2 atom stereocenters. The first-order chi connectivity index (χ1) is 39.8. The highest BCUT2D eigenvalue weighted by Gasteiger charge is 2.48. The standard InChI is InChI=1S/C57H65ClF5N6O11PS4/c1-36(2)69-38(4)55(83(5,74)75)53(54(69)39-10-12-42(58)13-11-39)41-30-43(59)32-47(31-41)68-28-26-67(27-29-68)46-16-14-44(15-17-46)65-85(78,79)48-18-19-50(52(33-48)84(76,77)57(61,62)63)64-45(35-82-51-9-7-6-8-49(51)60)22-25-66-23-20-40(21-24-66)56(70)80-37(3)34-81(71,72)73/h6-19,30-33,36-37,40,45,64-65H,20-29,34-35H2,1-5H3,(H2,71,72,73)/t37?,45-/m1/s1. The number of carbonyl (C=O) groups is 1. The Hall–Kier alpha value is -5.70. The van der Waals surface area contributed by atoms with Crippen LogP contribution < -0.4 is 19.8 Å². The van der Waals surface area contributed by atoms with Gasteiger partial charge in [0, 0.05) is 95.1 Å². The molecule has 0 radical (unpaired) electrons. The second-order valence-corrected chi connectivity index (χ2v) is 30.1. The van der Waals surface area contributed by atoms with Crippen molar-refractivity contribution >= 4 is 89.4 Å². The van der Waals surface area contributed by atoms with Crippen LogP contribution in [0.1, 0.15) is 51.8 Å². The van der Waals surface area contributed by atoms with Gasteiger partial charge in [-0.15, -0.1) is 11.8 Å². The number of nitrogens with zero attached hydrogens (tertiary/aromatic N) is 4. The number of hydrogen-bond donors (Lipinski definition) is 4. The van der Waals surface area contributed by atoms with Crippen molar-refractivity contribution in [1.82, 2.24) is 9.47 Å². The first kappa shape index (κ1) is 65.3. The minimum Gasteiger partial charge on any atom is -0.462 e. The number of carbonyl (C=O) groups excluding carboxylic acids is 1. The molecule has 28 heteroatoms. The SMILES string of the molecule is Cc1c(S(C)(=O)=O)c(-c2cc(F)cc(N3CCN(c4ccc(NS(=O)(=O)c5ccc(N[C@H](CCN6CCC(C(=O)OC(C)CP(=O)(O)O)CC6)CSc6ccccc6F)c(S(=O)(=O)C(F)(F)F)c5)cc4)CC3)c2)c(-c2ccc(Cl)cc2)n1C(C)C. The van der Waals surface area contributed by atoms with Gasteiger partial charge in [-0.3, -0.25) is 14.1 Å². The third-order valence-corrected chi connectivity index (χ3v) is 21.3. The highest BCUT2D eigenvalue weighted by molar-refractivity contribution is 7.99. The summed E-state index contributed by atoms with van der Waals surface area (Å²) in [5, 5.41) is 3.37. The molecule has 0 amide bonds. The Balaban J connectivity index is 0.965. The minimum atomic E-state index is -6.21. The summed E-state index contributed by atoms with van der Waals surface area (Å²) in [6, 6.07) is 24.7. The van der Waals surface area contributed by atoms with Gasteiger partial charge in [0.2, 0.25) is 0 Å². The molecule has 6 aromatic rings. The first-order valence-corrected chi connectivity index (χ1v) is 35.0. The molecule has 2 aliphatic heterocycles. The number of alkyl halides is 3. The van der Waals surface area contributed by atoms with Crippen molar-refractivity contribution < 1.29 is 71.1 Å². The van der Waals surface area contributed by atoms with Crippen LogP contribution in [0, 0.1) is 24.5 Å². The summed E-state index contributed by atoms with van der Waals surface area (Å²) in [6.45, 7) is 9.66. The fraction of sp³-hybridized carbons (Fsp3) is 0.386. The van der Waals surface area contributed by atoms with Gasteiger partial charge in [0.25, 0.3) is 19.9 Å². The van der Waals surface area contributed by atoms with Crippen molar-refractivity contribution in [3.63, 3.8) is 0 Å². The quantitative estimate of drug-likeness (QED) is 0.0215. The molecule has 5 aromatic carbocycles. The van der Waals surface area contributed by atoms with Crippen LogP contribution >= 0.6 is 31.0 Å². The number of sulfonamides is 1. The predicted molar refractivity (Wildman–Crippen MR) is 321 cm³/mol. The van der Waals surface area contributed by atoms with Gasteiger partial charge in [0.05, 0.1) is 33.3 Å². The summed E-state index contributed by atoms with van der Waals surface area (Å²) in [5.41, 5.74) is -2.68. The van der Waals surface area contributed by atoms with E-state index >= 15 is 4.39 Å². The van der Waals surface area contributed by atoms with E-state index in [2.05, 4.69) is 10.0 Å². The third-order valence-electron chi connectivity index (χ3n) is 14.7. The number of aromatic nitrogens is 1. The average Bonchev–Trinajstić information content (AvgIpc) is 1.96. The van der Waals surface area contributed by atoms with Crippen molar-refractivity contribution in [1.29, 1.82) is 0 Å². The van der Waals surface area contributed by atoms with Gasteiger partial charge in [-0.1, -0.05) is 35.9 Å². The lowest BCUT2D eigenvalue weighted by Crippen LogP contribution is -2.46. The van der Waals surface area contributed by atoms with Crippen LogP contribution in [0.3, 0.4) is 0 Å². The number of ether oxygens (including phenoxy) is 1. The monoisotopic (exact) mass is 1300 g/mol. The number of benzene rings is 5. The number of hydrogen-bond acceptors (Lipinski definition) is 14. The fourth-order valence-electron chi connectivity index (χ4n) is 10.7. The largest absolute Gasteiger partial charge is 0.501 e. The molecule has 8 rings (SSSR count). The molecule has 460 valence electrons. The Labute approximate surface area is 500 Å². The second-order valence-electron chi connectivity index (χ2n) is 21.4. The van der Waals surface area contributed by atoms with E-state index in [1.807, 2.05) is 33.1 Å². The third kappa shape index (κ3) is 15.9. The number of halogens is 6. The number of nitrogens with one attached hydrogen (secondary N) is 2. The normalized spacial score (nSPS) is 15.9. The molecule has 1 aromatic heterocycles. The average molecular weight is 1300 g/mol. The number of likely N-dealkylation sites (tertiary alicyclic amines) is 1. The molecular formula is C57H65ClF5N6O11PS4. The molecular weight excluding hydrogens is 1230 g/mol. The van der Waals surface area contributed by atoms with E-state index < -0.39 is 100 Å². The Morgan fingerprint density at radius 2 is 1.44 bits per heavy atom. The van der Waals surface area contributed by atoms with Crippen LogP contribution in [0.5, 0.6) is 0 Å². The zero-order valence-electron chi connectivity index (χ0n) is 46.9. The predicted octanol–water partition coefficient (Wildman–Crippen LogP) is 11.3. The fourth-order valence-corrected chi connectivity index (χ4v) is 15.9. The van der Waals surface area contributed by atoms with E-state index in [4.69, 9.17) is 16.3 Å². The van der Waals surface area contributed by atoms with Gasteiger partial charge in [-0.2, -0.15) is 13.2 Å². The highest BCUT2D eigenvalue weighted by atomic mass is 35.5. The van der Waals surface area contributed by atoms with Gasteiger partial charge in [0.15, 0.2) is 9.84 Å². The number of rotatable bonds is 22. The smallest absolute Gasteiger partial charge is 0.462 e. The number of anilines is 4. The maximum Gasteiger partial charge on any atom is 0.501 e. The van der Waals surface area contributed by atoms with Gasteiger partial charge in [-0.25, -0.2) is 34.0 Å². The summed E-state index contributed by atoms with van der Waals surface area (Å²) in [5.74, 6) is -2.28. The van der Waals surface area contributed by atoms with Crippen molar-refractivity contribution in [3.05, 3.63) is 132 Å². The number of piperazine rings is 1. The molecule has 0 aliphatic carbocycles. The molecule has 1 unspecified atom stereocenters. The summed E-state index contributed by atoms with van der Waals surface area (Å²) in [7, 11) is -19.2. The van der Waals surface area contributed by atoms with Crippen LogP contribution in [0.2, 0.25) is 5.02 Å². The molecule has 17 nitrogen and oxygen atoms in total. The molecule has 0 saturated carbocycles. The Morgan fingerprint density at radius 3 is 2.02 bits per heavy atom. The highest BCUT2D eigenvalue weighted by Crippen LogP contribution is 2.45. The zero-order valence-corrected chi connectivity index (χ0v) is 51.8. The van der Waals surface area contributed by atoms with Gasteiger partial charge >= 0.3 is 19.1 Å². The molecule has 2 fully saturated rings. The van der Waals surface area contributed by atoms with E-state index in [0.29, 0.717) is 103 Å². The van der Waals surface area contributed by atoms with E-state index in [-0.39, 0.29) is 40.2 Å². The Kier molecular flexibility index (Phi) is 20.2. The maximum atomic E-state index is 15.8. The maximum absolute atomic E-state index is 15.8. The van der Waals surface area contributed by atoms with E-state index in [0.717, 1.165) is 30.2 Å². The Morgan fingerprint density at radius 1 is 0.812 bits per heavy atom. The van der Waals surface area contributed by atoms with E-state index in [1.165, 1.54) is 49.4 Å². The summed E-state index contributed by atoms with van der Waals surface area (Å²) in [6.07, 6.45) is 0.301. The van der Waals surface area contributed by atoms with Crippen molar-refractivity contribution in [2.45, 2.75) is 90.2 Å². The van der Waals surface area contributed by atoms with Gasteiger partial charge < -0.3 is 39.1 Å². The van der Waals surface area contributed by atoms with Gasteiger partial charge in [-0.05, 0) is 156 Å². The summed E-state index contributed by atoms with van der Waals surface area (Å²) >= 11 is 7.27. The lowest BCUT2D eigenvalue weighted by molar-refractivity contribution is -0.154. The molecule has 85 heavy (non-hydrogen) atoms. The molecule has 2 aliphatic rings. The van der Waals surface area contributed by atoms with Crippen LogP contribution in [0.15, 0.2) is 129 Å². The number of esters is 1. The van der Waals surface area contributed by atoms with Crippen molar-refractivity contribution in [2.24, 2.45) is 5.92 Å². The van der Waals surface area contributed by atoms with Crippen LogP contribution in [-0.2, 0) is 43.8 Å². The number of thioether (sulfide) groups is 1. The number of piperidine rings is 1. The Bertz CT molecular complexity index is 3800. The lowest BCUT2D eigenvalue weighted by Gasteiger charge is -2.37. The minimum absolute atomic E-state index is 0.00527. The van der Waals surface area contributed by atoms with Crippen molar-refractivity contribution in [3.8, 4) is 22.4 Å². The molecule has 0 bridgehead atoms. The van der Waals surface area contributed by atoms with E-state index in [9.17, 15) is 62.0 Å². The molecule has 2 saturated heterocycles. The van der Waals surface area contributed by atoms with Crippen molar-refractivity contribution in [2.75, 3.05) is 83.8 Å². The molecule has 4 N–H and O–H groups in total. The van der Waals surface area contributed by atoms with Crippen LogP contribution in [0.4, 0.5) is 44.7 Å². The number of sulfone groups is 2. The van der Waals surface area contributed by atoms with Crippen LogP contribution in [-0.4, -0.2) is 132 Å².